The summed E-state index contributed by atoms with van der Waals surface area (Å²) in [5.74, 6) is -1.53. The summed E-state index contributed by atoms with van der Waals surface area (Å²) in [7, 11) is 5.50. The van der Waals surface area contributed by atoms with Crippen LogP contribution in [0.1, 0.15) is 149 Å². The smallest absolute Gasteiger partial charge is 0.362 e. The number of hydrogen-bond donors (Lipinski definition) is 1. The highest BCUT2D eigenvalue weighted by atomic mass is 16.6. The molecule has 0 radical (unpaired) electrons. The minimum absolute atomic E-state index is 0.0542. The Morgan fingerprint density at radius 1 is 0.659 bits per heavy atom. The molecule has 0 rings (SSSR count). The molecule has 44 heavy (non-hydrogen) atoms. The van der Waals surface area contributed by atoms with Gasteiger partial charge in [-0.3, -0.25) is 9.59 Å². The minimum atomic E-state index is -0.879. The molecule has 0 amide bonds. The van der Waals surface area contributed by atoms with Crippen LogP contribution in [0.25, 0.3) is 0 Å². The minimum Gasteiger partial charge on any atom is -0.477 e. The van der Waals surface area contributed by atoms with Crippen molar-refractivity contribution >= 4 is 17.9 Å². The second-order valence-electron chi connectivity index (χ2n) is 13.1. The molecule has 0 saturated heterocycles. The van der Waals surface area contributed by atoms with Crippen LogP contribution in [0.15, 0.2) is 12.2 Å². The Balaban J connectivity index is 4.48. The summed E-state index contributed by atoms with van der Waals surface area (Å²) in [4.78, 5) is 36.5. The number of likely N-dealkylation sites (N-methyl/N-ethyl adjacent to an activating group) is 1. The van der Waals surface area contributed by atoms with Gasteiger partial charge in [-0.25, -0.2) is 4.79 Å². The molecule has 0 aliphatic heterocycles. The van der Waals surface area contributed by atoms with Crippen LogP contribution in [-0.4, -0.2) is 80.6 Å². The van der Waals surface area contributed by atoms with Crippen LogP contribution in [0.2, 0.25) is 0 Å². The van der Waals surface area contributed by atoms with Crippen LogP contribution in [0.3, 0.4) is 0 Å². The first kappa shape index (κ1) is 42.1. The zero-order valence-electron chi connectivity index (χ0n) is 29.1. The molecule has 258 valence electrons. The first-order valence-electron chi connectivity index (χ1n) is 17.7. The molecular formula is C36H68NO7+. The van der Waals surface area contributed by atoms with Crippen LogP contribution in [-0.2, 0) is 28.6 Å². The molecule has 0 aromatic heterocycles. The molecule has 0 bridgehead atoms. The number of ether oxygens (including phenoxy) is 3. The standard InChI is InChI=1S/C36H67NO7/c1-6-8-10-12-14-16-17-18-19-21-23-25-27-35(39)44-32(30-42-29-28-33(36(40)41)37(3,4)5)31-43-34(38)26-24-22-20-15-13-11-9-7-2/h20,22,32-33H,6-19,21,23-31H2,1-5H3/p+1/b22-20+. The third-order valence-corrected chi connectivity index (χ3v) is 7.93. The third kappa shape index (κ3) is 26.5. The molecule has 8 heteroatoms. The number of quaternary nitrogens is 1. The summed E-state index contributed by atoms with van der Waals surface area (Å²) in [6, 6.07) is -0.612. The molecule has 0 saturated carbocycles. The molecule has 0 aromatic carbocycles. The lowest BCUT2D eigenvalue weighted by molar-refractivity contribution is -0.887. The monoisotopic (exact) mass is 626 g/mol. The quantitative estimate of drug-likeness (QED) is 0.0357. The molecule has 8 nitrogen and oxygen atoms in total. The maximum Gasteiger partial charge on any atom is 0.362 e. The van der Waals surface area contributed by atoms with Crippen LogP contribution < -0.4 is 0 Å². The van der Waals surface area contributed by atoms with Crippen molar-refractivity contribution in [1.29, 1.82) is 0 Å². The van der Waals surface area contributed by atoms with Gasteiger partial charge in [0.05, 0.1) is 34.4 Å². The van der Waals surface area contributed by atoms with E-state index >= 15 is 0 Å². The van der Waals surface area contributed by atoms with E-state index in [0.29, 0.717) is 19.3 Å². The Kier molecular flexibility index (Phi) is 27.3. The second kappa shape index (κ2) is 28.5. The highest BCUT2D eigenvalue weighted by molar-refractivity contribution is 5.72. The number of carbonyl (C=O) groups excluding carboxylic acids is 2. The fraction of sp³-hybridized carbons (Fsp3) is 0.861. The molecule has 1 N–H and O–H groups in total. The van der Waals surface area contributed by atoms with Crippen LogP contribution in [0.4, 0.5) is 0 Å². The molecule has 2 unspecified atom stereocenters. The average Bonchev–Trinajstić information content (AvgIpc) is 2.96. The van der Waals surface area contributed by atoms with Gasteiger partial charge in [0, 0.05) is 19.3 Å². The van der Waals surface area contributed by atoms with Crippen LogP contribution in [0, 0.1) is 0 Å². The number of rotatable bonds is 31. The van der Waals surface area contributed by atoms with Gasteiger partial charge in [0.1, 0.15) is 6.61 Å². The maximum atomic E-state index is 12.6. The van der Waals surface area contributed by atoms with Gasteiger partial charge < -0.3 is 23.8 Å². The van der Waals surface area contributed by atoms with Gasteiger partial charge in [-0.1, -0.05) is 116 Å². The van der Waals surface area contributed by atoms with Crippen LogP contribution >= 0.6 is 0 Å². The highest BCUT2D eigenvalue weighted by Gasteiger charge is 2.31. The fourth-order valence-corrected chi connectivity index (χ4v) is 5.11. The maximum absolute atomic E-state index is 12.6. The lowest BCUT2D eigenvalue weighted by atomic mass is 10.0. The largest absolute Gasteiger partial charge is 0.477 e. The second-order valence-corrected chi connectivity index (χ2v) is 13.1. The third-order valence-electron chi connectivity index (χ3n) is 7.93. The van der Waals surface area contributed by atoms with Crippen molar-refractivity contribution in [2.24, 2.45) is 0 Å². The van der Waals surface area contributed by atoms with Gasteiger partial charge in [0.15, 0.2) is 12.1 Å². The van der Waals surface area contributed by atoms with Gasteiger partial charge in [-0.2, -0.15) is 0 Å². The molecule has 0 aliphatic carbocycles. The van der Waals surface area contributed by atoms with E-state index < -0.39 is 18.1 Å². The zero-order valence-corrected chi connectivity index (χ0v) is 29.1. The lowest BCUT2D eigenvalue weighted by Gasteiger charge is -2.31. The number of nitrogens with zero attached hydrogens (tertiary/aromatic N) is 1. The number of carboxylic acids is 1. The summed E-state index contributed by atoms with van der Waals surface area (Å²) in [5.41, 5.74) is 0. The summed E-state index contributed by atoms with van der Waals surface area (Å²) >= 11 is 0. The van der Waals surface area contributed by atoms with Gasteiger partial charge >= 0.3 is 17.9 Å². The van der Waals surface area contributed by atoms with E-state index in [1.165, 1.54) is 83.5 Å². The molecule has 0 aliphatic rings. The van der Waals surface area contributed by atoms with E-state index in [1.54, 1.807) is 0 Å². The van der Waals surface area contributed by atoms with E-state index in [-0.39, 0.29) is 42.7 Å². The van der Waals surface area contributed by atoms with Crippen molar-refractivity contribution < 1.29 is 38.2 Å². The predicted molar refractivity (Wildman–Crippen MR) is 179 cm³/mol. The topological polar surface area (TPSA) is 99.1 Å². The number of allylic oxidation sites excluding steroid dienone is 2. The van der Waals surface area contributed by atoms with Gasteiger partial charge in [-0.05, 0) is 25.7 Å². The molecule has 2 atom stereocenters. The lowest BCUT2D eigenvalue weighted by Crippen LogP contribution is -2.50. The number of unbranched alkanes of at least 4 members (excludes halogenated alkanes) is 15. The van der Waals surface area contributed by atoms with Crippen molar-refractivity contribution in [3.05, 3.63) is 12.2 Å². The van der Waals surface area contributed by atoms with Crippen molar-refractivity contribution in [3.8, 4) is 0 Å². The van der Waals surface area contributed by atoms with Gasteiger partial charge in [0.2, 0.25) is 0 Å². The molecule has 0 spiro atoms. The van der Waals surface area contributed by atoms with E-state index in [2.05, 4.69) is 19.9 Å². The van der Waals surface area contributed by atoms with Crippen molar-refractivity contribution in [2.45, 2.75) is 161 Å². The molecule has 0 fully saturated rings. The van der Waals surface area contributed by atoms with Crippen molar-refractivity contribution in [2.75, 3.05) is 41.0 Å². The predicted octanol–water partition coefficient (Wildman–Crippen LogP) is 8.41. The Hall–Kier alpha value is -1.93. The van der Waals surface area contributed by atoms with E-state index in [4.69, 9.17) is 14.2 Å². The van der Waals surface area contributed by atoms with Crippen molar-refractivity contribution in [1.82, 2.24) is 0 Å². The van der Waals surface area contributed by atoms with E-state index in [9.17, 15) is 19.5 Å². The zero-order chi connectivity index (χ0) is 32.9. The Morgan fingerprint density at radius 3 is 1.73 bits per heavy atom. The molecular weight excluding hydrogens is 558 g/mol. The average molecular weight is 627 g/mol. The van der Waals surface area contributed by atoms with E-state index in [1.807, 2.05) is 27.2 Å². The summed E-state index contributed by atoms with van der Waals surface area (Å²) in [6.45, 7) is 4.63. The molecule has 0 aromatic rings. The highest BCUT2D eigenvalue weighted by Crippen LogP contribution is 2.14. The van der Waals surface area contributed by atoms with Crippen molar-refractivity contribution in [3.63, 3.8) is 0 Å². The summed E-state index contributed by atoms with van der Waals surface area (Å²) < 4.78 is 17.1. The SMILES string of the molecule is CCCCCC/C=C/CCC(=O)OCC(COCCC(C(=O)O)[N+](C)(C)C)OC(=O)CCCCCCCCCCCCCC. The van der Waals surface area contributed by atoms with Gasteiger partial charge in [-0.15, -0.1) is 0 Å². The first-order valence-corrected chi connectivity index (χ1v) is 17.7. The number of hydrogen-bond acceptors (Lipinski definition) is 6. The number of carbonyl (C=O) groups is 3. The van der Waals surface area contributed by atoms with Crippen LogP contribution in [0.5, 0.6) is 0 Å². The first-order chi connectivity index (χ1) is 21.1. The molecule has 0 heterocycles. The Bertz CT molecular complexity index is 747. The Labute approximate surface area is 269 Å². The normalized spacial score (nSPS) is 13.2. The Morgan fingerprint density at radius 2 is 1.18 bits per heavy atom. The number of aliphatic carboxylic acids is 1. The summed E-state index contributed by atoms with van der Waals surface area (Å²) in [6.07, 6.45) is 25.6. The number of carboxylic acid groups (broad SMARTS) is 1. The van der Waals surface area contributed by atoms with Gasteiger partial charge in [0.25, 0.3) is 0 Å². The van der Waals surface area contributed by atoms with E-state index in [0.717, 1.165) is 25.7 Å². The summed E-state index contributed by atoms with van der Waals surface area (Å²) in [5, 5.41) is 9.54. The number of esters is 2. The fourth-order valence-electron chi connectivity index (χ4n) is 5.11.